The second-order valence-corrected chi connectivity index (χ2v) is 2.83. The molecule has 2 aromatic heterocycles. The molecular formula is C9H7ClN2. The molecule has 0 atom stereocenters. The van der Waals surface area contributed by atoms with E-state index in [1.165, 1.54) is 0 Å². The third kappa shape index (κ3) is 0.924. The predicted molar refractivity (Wildman–Crippen MR) is 50.3 cm³/mol. The van der Waals surface area contributed by atoms with Crippen LogP contribution in [0.2, 0.25) is 5.02 Å². The first-order chi connectivity index (χ1) is 5.83. The molecule has 0 aromatic carbocycles. The summed E-state index contributed by atoms with van der Waals surface area (Å²) in [7, 11) is 0. The minimum Gasteiger partial charge on any atom is -0.306 e. The van der Waals surface area contributed by atoms with Crippen LogP contribution in [-0.4, -0.2) is 9.38 Å². The van der Waals surface area contributed by atoms with E-state index in [4.69, 9.17) is 11.6 Å². The summed E-state index contributed by atoms with van der Waals surface area (Å²) >= 11 is 6.03. The molecule has 60 valence electrons. The molecule has 0 N–H and O–H groups in total. The summed E-state index contributed by atoms with van der Waals surface area (Å²) in [6.45, 7) is 3.66. The molecule has 0 bridgehead atoms. The Labute approximate surface area is 75.1 Å². The molecule has 2 rings (SSSR count). The quantitative estimate of drug-likeness (QED) is 0.656. The number of nitrogens with zero attached hydrogens (tertiary/aromatic N) is 2. The Morgan fingerprint density at radius 3 is 3.08 bits per heavy atom. The fourth-order valence-electron chi connectivity index (χ4n) is 1.12. The number of pyridine rings is 1. The highest BCUT2D eigenvalue weighted by atomic mass is 35.5. The van der Waals surface area contributed by atoms with Crippen LogP contribution in [0.1, 0.15) is 5.56 Å². The minimum absolute atomic E-state index is 0.650. The van der Waals surface area contributed by atoms with Crippen molar-refractivity contribution in [3.05, 3.63) is 41.8 Å². The molecule has 0 aliphatic rings. The topological polar surface area (TPSA) is 17.3 Å². The average Bonchev–Trinajstić information content (AvgIpc) is 2.53. The molecule has 0 aliphatic heterocycles. The van der Waals surface area contributed by atoms with E-state index in [2.05, 4.69) is 11.6 Å². The number of hydrogen-bond acceptors (Lipinski definition) is 1. The van der Waals surface area contributed by atoms with Gasteiger partial charge < -0.3 is 4.40 Å². The first-order valence-corrected chi connectivity index (χ1v) is 3.94. The van der Waals surface area contributed by atoms with E-state index in [0.29, 0.717) is 5.02 Å². The fourth-order valence-corrected chi connectivity index (χ4v) is 1.41. The van der Waals surface area contributed by atoms with Crippen LogP contribution in [0.5, 0.6) is 0 Å². The number of hydrogen-bond donors (Lipinski definition) is 0. The Hall–Kier alpha value is -1.28. The zero-order valence-electron chi connectivity index (χ0n) is 6.37. The van der Waals surface area contributed by atoms with Crippen LogP contribution in [0.25, 0.3) is 11.7 Å². The van der Waals surface area contributed by atoms with Gasteiger partial charge in [0.15, 0.2) is 5.65 Å². The minimum atomic E-state index is 0.650. The van der Waals surface area contributed by atoms with Gasteiger partial charge in [0.1, 0.15) is 0 Å². The standard InChI is InChI=1S/C9H7ClN2/c1-2-7-3-5-12-6-4-11-9(12)8(7)10/h2-6H,1H2. The van der Waals surface area contributed by atoms with Crippen molar-refractivity contribution >= 4 is 23.3 Å². The highest BCUT2D eigenvalue weighted by Crippen LogP contribution is 2.21. The molecule has 2 heterocycles. The lowest BCUT2D eigenvalue weighted by atomic mass is 10.2. The first-order valence-electron chi connectivity index (χ1n) is 3.56. The first kappa shape index (κ1) is 7.37. The van der Waals surface area contributed by atoms with Gasteiger partial charge in [-0.3, -0.25) is 0 Å². The lowest BCUT2D eigenvalue weighted by Gasteiger charge is -1.99. The van der Waals surface area contributed by atoms with E-state index in [-0.39, 0.29) is 0 Å². The number of fused-ring (bicyclic) bond motifs is 1. The molecule has 0 amide bonds. The van der Waals surface area contributed by atoms with Crippen molar-refractivity contribution in [1.29, 1.82) is 0 Å². The van der Waals surface area contributed by atoms with Crippen LogP contribution in [0.4, 0.5) is 0 Å². The van der Waals surface area contributed by atoms with Gasteiger partial charge in [0.2, 0.25) is 0 Å². The van der Waals surface area contributed by atoms with E-state index in [9.17, 15) is 0 Å². The lowest BCUT2D eigenvalue weighted by Crippen LogP contribution is -1.85. The molecule has 2 nitrogen and oxygen atoms in total. The SMILES string of the molecule is C=Cc1ccn2ccnc2c1Cl. The second kappa shape index (κ2) is 2.64. The van der Waals surface area contributed by atoms with Crippen molar-refractivity contribution in [2.24, 2.45) is 0 Å². The molecule has 2 aromatic rings. The van der Waals surface area contributed by atoms with Crippen molar-refractivity contribution in [1.82, 2.24) is 9.38 Å². The summed E-state index contributed by atoms with van der Waals surface area (Å²) in [6.07, 6.45) is 7.20. The summed E-state index contributed by atoms with van der Waals surface area (Å²) in [5.74, 6) is 0. The van der Waals surface area contributed by atoms with Crippen LogP contribution in [-0.2, 0) is 0 Å². The Kier molecular flexibility index (Phi) is 1.62. The highest BCUT2D eigenvalue weighted by Gasteiger charge is 2.02. The monoisotopic (exact) mass is 178 g/mol. The van der Waals surface area contributed by atoms with E-state index in [1.54, 1.807) is 12.3 Å². The summed E-state index contributed by atoms with van der Waals surface area (Å²) in [5, 5.41) is 0.650. The van der Waals surface area contributed by atoms with Crippen molar-refractivity contribution in [3.63, 3.8) is 0 Å². The van der Waals surface area contributed by atoms with Gasteiger partial charge in [0, 0.05) is 18.6 Å². The van der Waals surface area contributed by atoms with Gasteiger partial charge in [-0.05, 0) is 11.6 Å². The Morgan fingerprint density at radius 2 is 2.33 bits per heavy atom. The van der Waals surface area contributed by atoms with Gasteiger partial charge in [-0.2, -0.15) is 0 Å². The van der Waals surface area contributed by atoms with Crippen LogP contribution in [0.3, 0.4) is 0 Å². The zero-order chi connectivity index (χ0) is 8.55. The van der Waals surface area contributed by atoms with Crippen molar-refractivity contribution in [2.75, 3.05) is 0 Å². The van der Waals surface area contributed by atoms with E-state index < -0.39 is 0 Å². The molecule has 0 fully saturated rings. The Bertz CT molecular complexity index is 431. The van der Waals surface area contributed by atoms with Crippen LogP contribution in [0.15, 0.2) is 31.2 Å². The Morgan fingerprint density at radius 1 is 1.50 bits per heavy atom. The molecule has 3 heteroatoms. The van der Waals surface area contributed by atoms with E-state index in [0.717, 1.165) is 11.2 Å². The Balaban J connectivity index is 2.86. The number of imidazole rings is 1. The fraction of sp³-hybridized carbons (Fsp3) is 0. The molecule has 0 radical (unpaired) electrons. The van der Waals surface area contributed by atoms with Crippen LogP contribution in [0, 0.1) is 0 Å². The number of halogens is 1. The van der Waals surface area contributed by atoms with Crippen molar-refractivity contribution < 1.29 is 0 Å². The summed E-state index contributed by atoms with van der Waals surface area (Å²) in [4.78, 5) is 4.11. The van der Waals surface area contributed by atoms with E-state index in [1.807, 2.05) is 22.9 Å². The maximum Gasteiger partial charge on any atom is 0.156 e. The number of rotatable bonds is 1. The van der Waals surface area contributed by atoms with Crippen LogP contribution < -0.4 is 0 Å². The smallest absolute Gasteiger partial charge is 0.156 e. The molecule has 0 saturated heterocycles. The lowest BCUT2D eigenvalue weighted by molar-refractivity contribution is 1.18. The third-order valence-corrected chi connectivity index (χ3v) is 2.14. The number of aromatic nitrogens is 2. The molecule has 0 spiro atoms. The van der Waals surface area contributed by atoms with Crippen LogP contribution >= 0.6 is 11.6 Å². The molecule has 0 aliphatic carbocycles. The van der Waals surface area contributed by atoms with E-state index >= 15 is 0 Å². The van der Waals surface area contributed by atoms with Gasteiger partial charge in [0.05, 0.1) is 5.02 Å². The molecular weight excluding hydrogens is 172 g/mol. The predicted octanol–water partition coefficient (Wildman–Crippen LogP) is 2.63. The van der Waals surface area contributed by atoms with Crippen molar-refractivity contribution in [2.45, 2.75) is 0 Å². The molecule has 0 unspecified atom stereocenters. The summed E-state index contributed by atoms with van der Waals surface area (Å²) in [5.41, 5.74) is 1.68. The van der Waals surface area contributed by atoms with Gasteiger partial charge in [0.25, 0.3) is 0 Å². The summed E-state index contributed by atoms with van der Waals surface area (Å²) < 4.78 is 1.87. The molecule has 12 heavy (non-hydrogen) atoms. The van der Waals surface area contributed by atoms with Gasteiger partial charge >= 0.3 is 0 Å². The van der Waals surface area contributed by atoms with Gasteiger partial charge in [-0.15, -0.1) is 0 Å². The van der Waals surface area contributed by atoms with Gasteiger partial charge in [-0.25, -0.2) is 4.98 Å². The largest absolute Gasteiger partial charge is 0.306 e. The van der Waals surface area contributed by atoms with Crippen molar-refractivity contribution in [3.8, 4) is 0 Å². The third-order valence-electron chi connectivity index (χ3n) is 1.75. The van der Waals surface area contributed by atoms with Gasteiger partial charge in [-0.1, -0.05) is 24.3 Å². The zero-order valence-corrected chi connectivity index (χ0v) is 7.12. The average molecular weight is 179 g/mol. The maximum absolute atomic E-state index is 6.03. The second-order valence-electron chi connectivity index (χ2n) is 2.45. The highest BCUT2D eigenvalue weighted by molar-refractivity contribution is 6.34. The summed E-state index contributed by atoms with van der Waals surface area (Å²) in [6, 6.07) is 1.91. The molecule has 0 saturated carbocycles. The maximum atomic E-state index is 6.03. The normalized spacial score (nSPS) is 10.4.